The van der Waals surface area contributed by atoms with E-state index in [0.29, 0.717) is 29.6 Å². The van der Waals surface area contributed by atoms with Gasteiger partial charge in [-0.05, 0) is 49.1 Å². The number of esters is 2. The number of hydrogen-bond acceptors (Lipinski definition) is 8. The summed E-state index contributed by atoms with van der Waals surface area (Å²) in [7, 11) is 0. The van der Waals surface area contributed by atoms with Crippen LogP contribution in [0.1, 0.15) is 24.3 Å². The van der Waals surface area contributed by atoms with Crippen molar-refractivity contribution in [2.24, 2.45) is 4.99 Å². The second-order valence-electron chi connectivity index (χ2n) is 5.55. The first-order valence-electron chi connectivity index (χ1n) is 8.72. The average Bonchev–Trinajstić information content (AvgIpc) is 3.32. The number of ether oxygens (including phenoxy) is 4. The average molecular weight is 401 g/mol. The van der Waals surface area contributed by atoms with Gasteiger partial charge in [-0.3, -0.25) is 0 Å². The summed E-state index contributed by atoms with van der Waals surface area (Å²) in [5, 5.41) is 1.89. The van der Waals surface area contributed by atoms with Crippen LogP contribution in [0.25, 0.3) is 6.08 Å². The second kappa shape index (κ2) is 9.18. The Hall–Kier alpha value is -3.13. The third-order valence-electron chi connectivity index (χ3n) is 3.57. The van der Waals surface area contributed by atoms with E-state index in [0.717, 1.165) is 4.88 Å². The molecule has 2 aromatic rings. The van der Waals surface area contributed by atoms with E-state index >= 15 is 0 Å². The number of nitrogens with zero attached hydrogens (tertiary/aromatic N) is 1. The molecule has 0 saturated carbocycles. The summed E-state index contributed by atoms with van der Waals surface area (Å²) in [5.41, 5.74) is 0.890. The number of carbonyl (C=O) groups excluding carboxylic acids is 2. The molecule has 1 aliphatic rings. The summed E-state index contributed by atoms with van der Waals surface area (Å²) in [6.45, 7) is 4.06. The van der Waals surface area contributed by atoms with Crippen molar-refractivity contribution in [3.05, 3.63) is 51.8 Å². The number of rotatable bonds is 8. The van der Waals surface area contributed by atoms with Gasteiger partial charge >= 0.3 is 11.9 Å². The quantitative estimate of drug-likeness (QED) is 0.498. The van der Waals surface area contributed by atoms with E-state index in [9.17, 15) is 9.59 Å². The number of hydrogen-bond donors (Lipinski definition) is 0. The van der Waals surface area contributed by atoms with E-state index in [1.807, 2.05) is 24.4 Å². The highest BCUT2D eigenvalue weighted by molar-refractivity contribution is 7.12. The van der Waals surface area contributed by atoms with Crippen LogP contribution >= 0.6 is 11.3 Å². The van der Waals surface area contributed by atoms with Gasteiger partial charge in [0.1, 0.15) is 0 Å². The van der Waals surface area contributed by atoms with Crippen LogP contribution in [0.5, 0.6) is 11.5 Å². The molecule has 0 saturated heterocycles. The Kier molecular flexibility index (Phi) is 6.44. The second-order valence-corrected chi connectivity index (χ2v) is 6.49. The zero-order valence-corrected chi connectivity index (χ0v) is 16.3. The Bertz CT molecular complexity index is 917. The fraction of sp³-hybridized carbons (Fsp3) is 0.250. The molecule has 1 aromatic heterocycles. The molecular weight excluding hydrogens is 382 g/mol. The van der Waals surface area contributed by atoms with Gasteiger partial charge in [0.25, 0.3) is 0 Å². The van der Waals surface area contributed by atoms with Crippen LogP contribution in [0, 0.1) is 0 Å². The molecule has 0 atom stereocenters. The SMILES string of the molecule is CCOC(=O)COc1ccc(/C=C2/N=C(c3cccs3)OC2=O)cc1OCC. The van der Waals surface area contributed by atoms with Gasteiger partial charge in [-0.25, -0.2) is 14.6 Å². The lowest BCUT2D eigenvalue weighted by molar-refractivity contribution is -0.145. The van der Waals surface area contributed by atoms with E-state index in [-0.39, 0.29) is 18.9 Å². The third kappa shape index (κ3) is 4.77. The van der Waals surface area contributed by atoms with Gasteiger partial charge in [0, 0.05) is 0 Å². The highest BCUT2D eigenvalue weighted by Gasteiger charge is 2.24. The zero-order chi connectivity index (χ0) is 19.9. The summed E-state index contributed by atoms with van der Waals surface area (Å²) in [6, 6.07) is 8.82. The molecule has 28 heavy (non-hydrogen) atoms. The minimum absolute atomic E-state index is 0.200. The molecule has 1 aliphatic heterocycles. The molecule has 0 fully saturated rings. The molecule has 1 aromatic carbocycles. The van der Waals surface area contributed by atoms with Crippen LogP contribution in [-0.2, 0) is 19.1 Å². The maximum Gasteiger partial charge on any atom is 0.363 e. The highest BCUT2D eigenvalue weighted by atomic mass is 32.1. The number of benzene rings is 1. The van der Waals surface area contributed by atoms with E-state index in [4.69, 9.17) is 18.9 Å². The number of thiophene rings is 1. The van der Waals surface area contributed by atoms with Gasteiger partial charge in [0.2, 0.25) is 5.90 Å². The molecule has 0 amide bonds. The van der Waals surface area contributed by atoms with Crippen LogP contribution < -0.4 is 9.47 Å². The normalized spacial score (nSPS) is 14.6. The standard InChI is InChI=1S/C20H19NO6S/c1-3-24-16-11-13(7-8-15(16)26-12-18(22)25-4-2)10-14-20(23)27-19(21-14)17-6-5-9-28-17/h5-11H,3-4,12H2,1-2H3/b14-10+. The molecule has 0 aliphatic carbocycles. The first-order chi connectivity index (χ1) is 13.6. The van der Waals surface area contributed by atoms with Crippen molar-refractivity contribution in [3.8, 4) is 11.5 Å². The molecule has 8 heteroatoms. The minimum Gasteiger partial charge on any atom is -0.490 e. The van der Waals surface area contributed by atoms with Crippen molar-refractivity contribution >= 4 is 35.2 Å². The van der Waals surface area contributed by atoms with Gasteiger partial charge in [-0.1, -0.05) is 12.1 Å². The van der Waals surface area contributed by atoms with Gasteiger partial charge in [-0.15, -0.1) is 11.3 Å². The molecular formula is C20H19NO6S. The molecule has 7 nitrogen and oxygen atoms in total. The molecule has 0 spiro atoms. The lowest BCUT2D eigenvalue weighted by Crippen LogP contribution is -2.15. The highest BCUT2D eigenvalue weighted by Crippen LogP contribution is 2.30. The lowest BCUT2D eigenvalue weighted by Gasteiger charge is -2.12. The molecule has 0 N–H and O–H groups in total. The van der Waals surface area contributed by atoms with E-state index < -0.39 is 11.9 Å². The Morgan fingerprint density at radius 3 is 2.75 bits per heavy atom. The zero-order valence-electron chi connectivity index (χ0n) is 15.5. The summed E-state index contributed by atoms with van der Waals surface area (Å²) >= 11 is 1.44. The van der Waals surface area contributed by atoms with Gasteiger partial charge in [0.15, 0.2) is 23.8 Å². The van der Waals surface area contributed by atoms with E-state index in [1.165, 1.54) is 11.3 Å². The monoisotopic (exact) mass is 401 g/mol. The Balaban J connectivity index is 1.80. The molecule has 146 valence electrons. The molecule has 0 radical (unpaired) electrons. The van der Waals surface area contributed by atoms with E-state index in [2.05, 4.69) is 4.99 Å². The summed E-state index contributed by atoms with van der Waals surface area (Å²) in [4.78, 5) is 28.6. The largest absolute Gasteiger partial charge is 0.490 e. The predicted octanol–water partition coefficient (Wildman–Crippen LogP) is 3.43. The molecule has 3 rings (SSSR count). The Morgan fingerprint density at radius 2 is 2.04 bits per heavy atom. The van der Waals surface area contributed by atoms with Crippen molar-refractivity contribution in [3.63, 3.8) is 0 Å². The van der Waals surface area contributed by atoms with Crippen LogP contribution in [0.2, 0.25) is 0 Å². The van der Waals surface area contributed by atoms with Gasteiger partial charge in [0.05, 0.1) is 18.1 Å². The van der Waals surface area contributed by atoms with E-state index in [1.54, 1.807) is 31.2 Å². The molecule has 0 unspecified atom stereocenters. The van der Waals surface area contributed by atoms with Crippen LogP contribution in [-0.4, -0.2) is 37.7 Å². The third-order valence-corrected chi connectivity index (χ3v) is 4.43. The van der Waals surface area contributed by atoms with Crippen molar-refractivity contribution < 1.29 is 28.5 Å². The summed E-state index contributed by atoms with van der Waals surface area (Å²) in [6.07, 6.45) is 1.61. The van der Waals surface area contributed by atoms with Crippen LogP contribution in [0.3, 0.4) is 0 Å². The van der Waals surface area contributed by atoms with Gasteiger partial charge in [-0.2, -0.15) is 0 Å². The maximum absolute atomic E-state index is 12.1. The number of aliphatic imine (C=N–C) groups is 1. The van der Waals surface area contributed by atoms with Crippen molar-refractivity contribution in [1.29, 1.82) is 0 Å². The predicted molar refractivity (Wildman–Crippen MR) is 105 cm³/mol. The van der Waals surface area contributed by atoms with Crippen LogP contribution in [0.4, 0.5) is 0 Å². The summed E-state index contributed by atoms with van der Waals surface area (Å²) < 4.78 is 21.1. The topological polar surface area (TPSA) is 83.4 Å². The maximum atomic E-state index is 12.1. The van der Waals surface area contributed by atoms with Crippen molar-refractivity contribution in [2.45, 2.75) is 13.8 Å². The first kappa shape index (κ1) is 19.6. The Morgan fingerprint density at radius 1 is 1.18 bits per heavy atom. The van der Waals surface area contributed by atoms with Crippen molar-refractivity contribution in [1.82, 2.24) is 0 Å². The fourth-order valence-electron chi connectivity index (χ4n) is 2.41. The Labute approximate surface area is 166 Å². The summed E-state index contributed by atoms with van der Waals surface area (Å²) in [5.74, 6) is 0.193. The molecule has 2 heterocycles. The van der Waals surface area contributed by atoms with Crippen molar-refractivity contribution in [2.75, 3.05) is 19.8 Å². The minimum atomic E-state index is -0.510. The van der Waals surface area contributed by atoms with Crippen LogP contribution in [0.15, 0.2) is 46.4 Å². The van der Waals surface area contributed by atoms with Gasteiger partial charge < -0.3 is 18.9 Å². The fourth-order valence-corrected chi connectivity index (χ4v) is 3.06. The smallest absolute Gasteiger partial charge is 0.363 e. The molecule has 0 bridgehead atoms. The first-order valence-corrected chi connectivity index (χ1v) is 9.60. The lowest BCUT2D eigenvalue weighted by atomic mass is 10.1. The number of cyclic esters (lactones) is 1. The number of carbonyl (C=O) groups is 2.